The summed E-state index contributed by atoms with van der Waals surface area (Å²) in [5.74, 6) is -0.801. The van der Waals surface area contributed by atoms with E-state index in [0.29, 0.717) is 37.3 Å². The molecule has 3 heterocycles. The highest BCUT2D eigenvalue weighted by molar-refractivity contribution is 8.04. The summed E-state index contributed by atoms with van der Waals surface area (Å²) in [4.78, 5) is 27.3. The van der Waals surface area contributed by atoms with Crippen LogP contribution in [0.2, 0.25) is 0 Å². The summed E-state index contributed by atoms with van der Waals surface area (Å²) < 4.78 is 6.06. The highest BCUT2D eigenvalue weighted by Gasteiger charge is 2.48. The number of carboxylic acid groups (broad SMARTS) is 1. The molecule has 1 amide bonds. The average molecular weight is 480 g/mol. The minimum absolute atomic E-state index is 0.212. The van der Waals surface area contributed by atoms with Crippen LogP contribution in [0.4, 0.5) is 0 Å². The zero-order chi connectivity index (χ0) is 23.9. The molecule has 0 radical (unpaired) electrons. The predicted molar refractivity (Wildman–Crippen MR) is 126 cm³/mol. The Hall–Kier alpha value is -3.45. The second kappa shape index (κ2) is 8.72. The number of nitrogens with two attached hydrogens (primary N) is 1. The van der Waals surface area contributed by atoms with Gasteiger partial charge in [0, 0.05) is 28.6 Å². The highest BCUT2D eigenvalue weighted by Crippen LogP contribution is 2.52. The SMILES string of the molecule is N#CC(CC1(C(N)=O)CCCC1)N1C2=C(CCOc3cc(-c4cn[nH]c4)ccc32)SC1C(=O)O. The fourth-order valence-electron chi connectivity index (χ4n) is 5.32. The normalized spacial score (nSPS) is 21.7. The third-order valence-corrected chi connectivity index (χ3v) is 8.38. The summed E-state index contributed by atoms with van der Waals surface area (Å²) >= 11 is 1.24. The number of hydrogen-bond donors (Lipinski definition) is 3. The van der Waals surface area contributed by atoms with Gasteiger partial charge in [0.15, 0.2) is 5.37 Å². The summed E-state index contributed by atoms with van der Waals surface area (Å²) in [6, 6.07) is 7.25. The number of ether oxygens (including phenoxy) is 1. The van der Waals surface area contributed by atoms with E-state index in [2.05, 4.69) is 16.3 Å². The number of primary amides is 1. The number of rotatable bonds is 6. The summed E-state index contributed by atoms with van der Waals surface area (Å²) in [5, 5.41) is 26.1. The molecule has 10 heteroatoms. The Morgan fingerprint density at radius 3 is 2.82 bits per heavy atom. The first-order valence-electron chi connectivity index (χ1n) is 11.3. The number of fused-ring (bicyclic) bond motifs is 2. The van der Waals surface area contributed by atoms with Gasteiger partial charge in [-0.15, -0.1) is 0 Å². The highest BCUT2D eigenvalue weighted by atomic mass is 32.2. The Balaban J connectivity index is 1.58. The summed E-state index contributed by atoms with van der Waals surface area (Å²) in [5.41, 5.74) is 8.28. The maximum Gasteiger partial charge on any atom is 0.337 e. The van der Waals surface area contributed by atoms with Gasteiger partial charge in [0.2, 0.25) is 5.91 Å². The van der Waals surface area contributed by atoms with Crippen molar-refractivity contribution in [1.82, 2.24) is 15.1 Å². The number of amides is 1. The number of carboxylic acids is 1. The number of H-pyrrole nitrogens is 1. The van der Waals surface area contributed by atoms with Gasteiger partial charge in [0.05, 0.1) is 30.0 Å². The van der Waals surface area contributed by atoms with Gasteiger partial charge in [-0.1, -0.05) is 30.7 Å². The maximum absolute atomic E-state index is 12.4. The van der Waals surface area contributed by atoms with Gasteiger partial charge in [0.1, 0.15) is 11.8 Å². The van der Waals surface area contributed by atoms with Crippen molar-refractivity contribution in [3.8, 4) is 22.9 Å². The fourth-order valence-corrected chi connectivity index (χ4v) is 6.59. The van der Waals surface area contributed by atoms with Gasteiger partial charge in [-0.3, -0.25) is 9.89 Å². The first-order valence-corrected chi connectivity index (χ1v) is 12.2. The van der Waals surface area contributed by atoms with E-state index < -0.39 is 28.7 Å². The van der Waals surface area contributed by atoms with Crippen LogP contribution in [0.25, 0.3) is 16.8 Å². The summed E-state index contributed by atoms with van der Waals surface area (Å²) in [7, 11) is 0. The molecule has 0 saturated heterocycles. The zero-order valence-electron chi connectivity index (χ0n) is 18.5. The average Bonchev–Trinajstić information content (AvgIpc) is 3.56. The molecule has 1 aliphatic carbocycles. The number of nitriles is 1. The number of aromatic nitrogens is 2. The number of nitrogens with zero attached hydrogens (tertiary/aromatic N) is 3. The Labute approximate surface area is 200 Å². The number of thioether (sulfide) groups is 1. The number of aromatic amines is 1. The molecule has 2 unspecified atom stereocenters. The van der Waals surface area contributed by atoms with Gasteiger partial charge in [-0.05, 0) is 37.0 Å². The molecule has 2 aliphatic heterocycles. The molecule has 34 heavy (non-hydrogen) atoms. The van der Waals surface area contributed by atoms with Crippen LogP contribution in [-0.4, -0.2) is 50.1 Å². The lowest BCUT2D eigenvalue weighted by Crippen LogP contribution is -2.46. The Bertz CT molecular complexity index is 1200. The first-order chi connectivity index (χ1) is 16.4. The Morgan fingerprint density at radius 2 is 2.18 bits per heavy atom. The molecule has 3 aliphatic rings. The fraction of sp³-hybridized carbons (Fsp3) is 0.417. The molecule has 1 fully saturated rings. The molecular formula is C24H25N5O4S. The molecule has 176 valence electrons. The van der Waals surface area contributed by atoms with Crippen LogP contribution in [0, 0.1) is 16.7 Å². The third-order valence-electron chi connectivity index (χ3n) is 7.05. The molecule has 5 rings (SSSR count). The van der Waals surface area contributed by atoms with Crippen molar-refractivity contribution in [2.45, 2.75) is 49.9 Å². The van der Waals surface area contributed by atoms with Crippen molar-refractivity contribution in [1.29, 1.82) is 5.26 Å². The number of benzene rings is 1. The van der Waals surface area contributed by atoms with E-state index in [9.17, 15) is 20.0 Å². The summed E-state index contributed by atoms with van der Waals surface area (Å²) in [6.07, 6.45) is 7.26. The minimum Gasteiger partial charge on any atom is -0.492 e. The van der Waals surface area contributed by atoms with Crippen LogP contribution >= 0.6 is 11.8 Å². The van der Waals surface area contributed by atoms with E-state index in [1.54, 1.807) is 17.3 Å². The Kier molecular flexibility index (Phi) is 5.73. The molecule has 1 aromatic heterocycles. The lowest BCUT2D eigenvalue weighted by Gasteiger charge is -2.36. The van der Waals surface area contributed by atoms with Gasteiger partial charge in [0.25, 0.3) is 0 Å². The maximum atomic E-state index is 12.4. The number of nitrogens with one attached hydrogen (secondary N) is 1. The van der Waals surface area contributed by atoms with Crippen molar-refractivity contribution >= 4 is 29.3 Å². The van der Waals surface area contributed by atoms with Gasteiger partial charge in [-0.25, -0.2) is 4.79 Å². The molecule has 0 bridgehead atoms. The van der Waals surface area contributed by atoms with Crippen LogP contribution in [0.5, 0.6) is 5.75 Å². The standard InChI is InChI=1S/C24H25N5O4S/c25-11-16(10-24(23(26)32)6-1-2-7-24)29-20-17-4-3-14(15-12-27-28-13-15)9-18(17)33-8-5-19(20)34-21(29)22(30)31/h3-4,9,12-13,16,21H,1-2,5-8,10H2,(H2,26,32)(H,27,28)(H,30,31). The molecule has 9 nitrogen and oxygen atoms in total. The quantitative estimate of drug-likeness (QED) is 0.572. The topological polar surface area (TPSA) is 145 Å². The monoisotopic (exact) mass is 479 g/mol. The van der Waals surface area contributed by atoms with Gasteiger partial charge >= 0.3 is 5.97 Å². The molecule has 4 N–H and O–H groups in total. The Morgan fingerprint density at radius 1 is 1.38 bits per heavy atom. The first kappa shape index (κ1) is 22.3. The van der Waals surface area contributed by atoms with E-state index >= 15 is 0 Å². The molecule has 0 spiro atoms. The van der Waals surface area contributed by atoms with Crippen LogP contribution in [0.1, 0.15) is 44.1 Å². The van der Waals surface area contributed by atoms with Crippen molar-refractivity contribution in [3.05, 3.63) is 41.1 Å². The van der Waals surface area contributed by atoms with Crippen LogP contribution in [-0.2, 0) is 9.59 Å². The largest absolute Gasteiger partial charge is 0.492 e. The van der Waals surface area contributed by atoms with E-state index in [1.165, 1.54) is 11.8 Å². The van der Waals surface area contributed by atoms with Crippen molar-refractivity contribution in [2.24, 2.45) is 11.1 Å². The van der Waals surface area contributed by atoms with Gasteiger partial charge in [-0.2, -0.15) is 10.4 Å². The number of carbonyl (C=O) groups is 2. The molecular weight excluding hydrogens is 454 g/mol. The summed E-state index contributed by atoms with van der Waals surface area (Å²) in [6.45, 7) is 0.399. The van der Waals surface area contributed by atoms with Crippen LogP contribution < -0.4 is 10.5 Å². The predicted octanol–water partition coefficient (Wildman–Crippen LogP) is 3.32. The van der Waals surface area contributed by atoms with E-state index in [1.807, 2.05) is 18.2 Å². The van der Waals surface area contributed by atoms with E-state index in [-0.39, 0.29) is 6.42 Å². The second-order valence-corrected chi connectivity index (χ2v) is 10.2. The lowest BCUT2D eigenvalue weighted by molar-refractivity contribution is -0.139. The molecule has 2 atom stereocenters. The minimum atomic E-state index is -1.02. The third kappa shape index (κ3) is 3.70. The van der Waals surface area contributed by atoms with Crippen LogP contribution in [0.3, 0.4) is 0 Å². The van der Waals surface area contributed by atoms with Crippen molar-refractivity contribution in [3.63, 3.8) is 0 Å². The molecule has 2 aromatic rings. The molecule has 1 saturated carbocycles. The van der Waals surface area contributed by atoms with Crippen molar-refractivity contribution < 1.29 is 19.4 Å². The number of hydrogen-bond acceptors (Lipinski definition) is 7. The zero-order valence-corrected chi connectivity index (χ0v) is 19.3. The van der Waals surface area contributed by atoms with Gasteiger partial charge < -0.3 is 20.5 Å². The van der Waals surface area contributed by atoms with Crippen molar-refractivity contribution in [2.75, 3.05) is 6.61 Å². The second-order valence-electron chi connectivity index (χ2n) is 8.98. The van der Waals surface area contributed by atoms with E-state index in [4.69, 9.17) is 10.5 Å². The van der Waals surface area contributed by atoms with Crippen LogP contribution in [0.15, 0.2) is 35.5 Å². The number of aliphatic carboxylic acids is 1. The smallest absolute Gasteiger partial charge is 0.337 e. The lowest BCUT2D eigenvalue weighted by atomic mass is 9.79. The molecule has 1 aromatic carbocycles. The number of carbonyl (C=O) groups excluding carboxylic acids is 1. The van der Waals surface area contributed by atoms with E-state index in [0.717, 1.165) is 34.4 Å².